The highest BCUT2D eigenvalue weighted by Gasteiger charge is 2.46. The van der Waals surface area contributed by atoms with Gasteiger partial charge in [0.25, 0.3) is 0 Å². The summed E-state index contributed by atoms with van der Waals surface area (Å²) in [4.78, 5) is 0. The summed E-state index contributed by atoms with van der Waals surface area (Å²) in [5, 5.41) is 6.78. The van der Waals surface area contributed by atoms with Crippen LogP contribution in [0.2, 0.25) is 0 Å². The van der Waals surface area contributed by atoms with Crippen molar-refractivity contribution in [3.05, 3.63) is 12.2 Å². The third-order valence-corrected chi connectivity index (χ3v) is 6.34. The molecule has 21 heavy (non-hydrogen) atoms. The van der Waals surface area contributed by atoms with Crippen molar-refractivity contribution in [3.63, 3.8) is 0 Å². The minimum atomic E-state index is -2.70. The Morgan fingerprint density at radius 1 is 1.10 bits per heavy atom. The van der Waals surface area contributed by atoms with Crippen molar-refractivity contribution in [3.8, 4) is 0 Å². The van der Waals surface area contributed by atoms with E-state index in [0.717, 1.165) is 12.0 Å². The Hall–Kier alpha value is -0.283. The largest absolute Gasteiger partial charge is 0.518 e. The van der Waals surface area contributed by atoms with Gasteiger partial charge in [0, 0.05) is 21.3 Å². The summed E-state index contributed by atoms with van der Waals surface area (Å²) in [6, 6.07) is 0. The molecule has 6 nitrogen and oxygen atoms in total. The molecular weight excluding hydrogens is 288 g/mol. The third kappa shape index (κ3) is 7.01. The molecule has 0 aromatic rings. The van der Waals surface area contributed by atoms with Crippen molar-refractivity contribution in [2.45, 2.75) is 52.2 Å². The van der Waals surface area contributed by atoms with Gasteiger partial charge >= 0.3 is 8.80 Å². The SMILES string of the molecule is C=C(C)COC(C)NC(C)NC(CC)[Si](OC)(OC)OC. The van der Waals surface area contributed by atoms with Gasteiger partial charge in [-0.25, -0.2) is 0 Å². The molecular formula is C14H32N2O4Si. The zero-order valence-corrected chi connectivity index (χ0v) is 15.5. The maximum Gasteiger partial charge on any atom is 0.518 e. The molecule has 0 fully saturated rings. The smallest absolute Gasteiger partial charge is 0.376 e. The van der Waals surface area contributed by atoms with Crippen LogP contribution >= 0.6 is 0 Å². The van der Waals surface area contributed by atoms with Crippen molar-refractivity contribution in [1.82, 2.24) is 10.6 Å². The highest BCUT2D eigenvalue weighted by molar-refractivity contribution is 6.62. The fraction of sp³-hybridized carbons (Fsp3) is 0.857. The second-order valence-electron chi connectivity index (χ2n) is 5.14. The van der Waals surface area contributed by atoms with E-state index in [1.807, 2.05) is 20.8 Å². The van der Waals surface area contributed by atoms with Crippen molar-refractivity contribution in [2.24, 2.45) is 0 Å². The topological polar surface area (TPSA) is 61.0 Å². The summed E-state index contributed by atoms with van der Waals surface area (Å²) >= 11 is 0. The minimum Gasteiger partial charge on any atom is -0.376 e. The Kier molecular flexibility index (Phi) is 10.3. The van der Waals surface area contributed by atoms with Crippen molar-refractivity contribution >= 4 is 8.80 Å². The first-order valence-electron chi connectivity index (χ1n) is 7.28. The first-order chi connectivity index (χ1) is 9.84. The highest BCUT2D eigenvalue weighted by atomic mass is 28.4. The van der Waals surface area contributed by atoms with E-state index in [-0.39, 0.29) is 18.1 Å². The molecule has 0 bridgehead atoms. The van der Waals surface area contributed by atoms with Gasteiger partial charge in [0.05, 0.1) is 18.4 Å². The molecule has 0 heterocycles. The maximum atomic E-state index is 5.62. The second-order valence-corrected chi connectivity index (χ2v) is 8.27. The molecule has 0 aliphatic rings. The molecule has 0 amide bonds. The Morgan fingerprint density at radius 2 is 1.62 bits per heavy atom. The van der Waals surface area contributed by atoms with E-state index in [1.165, 1.54) is 0 Å². The molecule has 3 atom stereocenters. The van der Waals surface area contributed by atoms with Gasteiger partial charge in [-0.15, -0.1) is 0 Å². The molecule has 0 rings (SSSR count). The molecule has 3 unspecified atom stereocenters. The van der Waals surface area contributed by atoms with E-state index in [1.54, 1.807) is 21.3 Å². The molecule has 7 heteroatoms. The summed E-state index contributed by atoms with van der Waals surface area (Å²) in [5.74, 6) is 0. The lowest BCUT2D eigenvalue weighted by atomic mass is 10.4. The van der Waals surface area contributed by atoms with Crippen molar-refractivity contribution in [1.29, 1.82) is 0 Å². The van der Waals surface area contributed by atoms with E-state index in [9.17, 15) is 0 Å². The van der Waals surface area contributed by atoms with Gasteiger partial charge in [-0.1, -0.05) is 19.1 Å². The van der Waals surface area contributed by atoms with Crippen LogP contribution in [-0.4, -0.2) is 54.8 Å². The molecule has 0 aromatic heterocycles. The molecule has 0 aliphatic heterocycles. The number of nitrogens with one attached hydrogen (secondary N) is 2. The minimum absolute atomic E-state index is 0.00772. The summed E-state index contributed by atoms with van der Waals surface area (Å²) < 4.78 is 22.2. The van der Waals surface area contributed by atoms with Crippen LogP contribution < -0.4 is 10.6 Å². The standard InChI is InChI=1S/C14H32N2O4Si/c1-9-14(21(17-6,18-7)19-8)16-12(4)15-13(5)20-10-11(2)3/h12-16H,2,9-10H2,1,3-8H3. The van der Waals surface area contributed by atoms with Crippen LogP contribution in [0.5, 0.6) is 0 Å². The van der Waals surface area contributed by atoms with E-state index in [4.69, 9.17) is 18.0 Å². The number of rotatable bonds is 12. The van der Waals surface area contributed by atoms with Crippen molar-refractivity contribution < 1.29 is 18.0 Å². The van der Waals surface area contributed by atoms with Gasteiger partial charge in [0.15, 0.2) is 0 Å². The van der Waals surface area contributed by atoms with Crippen LogP contribution in [0.25, 0.3) is 0 Å². The molecule has 0 radical (unpaired) electrons. The lowest BCUT2D eigenvalue weighted by molar-refractivity contribution is 0.0437. The Morgan fingerprint density at radius 3 is 2.00 bits per heavy atom. The molecule has 126 valence electrons. The van der Waals surface area contributed by atoms with Gasteiger partial charge in [-0.05, 0) is 27.2 Å². The normalized spacial score (nSPS) is 16.5. The Bertz CT molecular complexity index is 292. The van der Waals surface area contributed by atoms with Crippen LogP contribution in [0.4, 0.5) is 0 Å². The summed E-state index contributed by atoms with van der Waals surface area (Å²) in [7, 11) is 2.17. The Balaban J connectivity index is 4.50. The van der Waals surface area contributed by atoms with Crippen LogP contribution in [0.1, 0.15) is 34.1 Å². The quantitative estimate of drug-likeness (QED) is 0.324. The molecule has 0 aliphatic carbocycles. The number of hydrogen-bond acceptors (Lipinski definition) is 6. The predicted octanol–water partition coefficient (Wildman–Crippen LogP) is 1.65. The third-order valence-electron chi connectivity index (χ3n) is 3.20. The van der Waals surface area contributed by atoms with Gasteiger partial charge in [0.2, 0.25) is 0 Å². The van der Waals surface area contributed by atoms with Crippen molar-refractivity contribution in [2.75, 3.05) is 27.9 Å². The van der Waals surface area contributed by atoms with Gasteiger partial charge in [0.1, 0.15) is 6.23 Å². The highest BCUT2D eigenvalue weighted by Crippen LogP contribution is 2.15. The maximum absolute atomic E-state index is 5.62. The van der Waals surface area contributed by atoms with Gasteiger partial charge in [-0.3, -0.25) is 10.6 Å². The summed E-state index contributed by atoms with van der Waals surface area (Å²) in [6.45, 7) is 12.4. The lowest BCUT2D eigenvalue weighted by Gasteiger charge is -2.35. The Labute approximate surface area is 130 Å². The summed E-state index contributed by atoms with van der Waals surface area (Å²) in [5.41, 5.74) is 1.01. The average molecular weight is 321 g/mol. The monoisotopic (exact) mass is 320 g/mol. The van der Waals surface area contributed by atoms with Crippen LogP contribution in [0.3, 0.4) is 0 Å². The van der Waals surface area contributed by atoms with E-state index >= 15 is 0 Å². The second kappa shape index (κ2) is 10.4. The fourth-order valence-corrected chi connectivity index (χ4v) is 4.47. The predicted molar refractivity (Wildman–Crippen MR) is 86.8 cm³/mol. The zero-order chi connectivity index (χ0) is 16.5. The molecule has 0 saturated carbocycles. The fourth-order valence-electron chi connectivity index (χ4n) is 2.16. The zero-order valence-electron chi connectivity index (χ0n) is 14.5. The van der Waals surface area contributed by atoms with Crippen LogP contribution in [0, 0.1) is 0 Å². The van der Waals surface area contributed by atoms with E-state index in [0.29, 0.717) is 6.61 Å². The molecule has 0 aromatic carbocycles. The lowest BCUT2D eigenvalue weighted by Crippen LogP contribution is -2.64. The first kappa shape index (κ1) is 20.7. The average Bonchev–Trinajstić information content (AvgIpc) is 2.46. The molecule has 0 saturated heterocycles. The van der Waals surface area contributed by atoms with Gasteiger partial charge in [-0.2, -0.15) is 0 Å². The molecule has 0 spiro atoms. The number of ether oxygens (including phenoxy) is 1. The van der Waals surface area contributed by atoms with Gasteiger partial charge < -0.3 is 18.0 Å². The summed E-state index contributed by atoms with van der Waals surface area (Å²) in [6.07, 6.45) is 0.794. The van der Waals surface area contributed by atoms with Crippen LogP contribution in [-0.2, 0) is 18.0 Å². The first-order valence-corrected chi connectivity index (χ1v) is 9.08. The molecule has 2 N–H and O–H groups in total. The number of hydrogen-bond donors (Lipinski definition) is 2. The van der Waals surface area contributed by atoms with Crippen LogP contribution in [0.15, 0.2) is 12.2 Å². The van der Waals surface area contributed by atoms with E-state index < -0.39 is 8.80 Å². The van der Waals surface area contributed by atoms with E-state index in [2.05, 4.69) is 24.1 Å².